The number of hydrogen-bond donors (Lipinski definition) is 2. The maximum atomic E-state index is 12.3. The number of halogens is 3. The summed E-state index contributed by atoms with van der Waals surface area (Å²) in [4.78, 5) is 11.9. The first-order chi connectivity index (χ1) is 11.0. The number of anilines is 2. The smallest absolute Gasteiger partial charge is 0.387 e. The summed E-state index contributed by atoms with van der Waals surface area (Å²) in [6, 6.07) is 11.6. The highest BCUT2D eigenvalue weighted by molar-refractivity contribution is 9.10. The molecule has 2 N–H and O–H groups in total. The monoisotopic (exact) mass is 384 g/mol. The molecule has 0 saturated heterocycles. The molecule has 0 unspecified atom stereocenters. The summed E-state index contributed by atoms with van der Waals surface area (Å²) in [5, 5.41) is 5.51. The van der Waals surface area contributed by atoms with Crippen molar-refractivity contribution in [3.63, 3.8) is 0 Å². The molecule has 0 aliphatic rings. The maximum absolute atomic E-state index is 12.3. The largest absolute Gasteiger partial charge is 0.433 e. The number of benzene rings is 2. The number of nitrogens with one attached hydrogen (secondary N) is 2. The topological polar surface area (TPSA) is 50.4 Å². The Morgan fingerprint density at radius 2 is 2.00 bits per heavy atom. The fourth-order valence-corrected chi connectivity index (χ4v) is 2.15. The minimum absolute atomic E-state index is 0.00405. The van der Waals surface area contributed by atoms with Gasteiger partial charge in [-0.05, 0) is 42.8 Å². The Hall–Kier alpha value is -2.15. The van der Waals surface area contributed by atoms with Gasteiger partial charge < -0.3 is 15.4 Å². The Morgan fingerprint density at radius 3 is 2.70 bits per heavy atom. The van der Waals surface area contributed by atoms with Crippen molar-refractivity contribution < 1.29 is 18.3 Å². The van der Waals surface area contributed by atoms with Gasteiger partial charge in [-0.3, -0.25) is 4.79 Å². The van der Waals surface area contributed by atoms with Gasteiger partial charge in [0, 0.05) is 10.2 Å². The first-order valence-electron chi connectivity index (χ1n) is 6.79. The van der Waals surface area contributed by atoms with Crippen LogP contribution >= 0.6 is 15.9 Å². The van der Waals surface area contributed by atoms with Gasteiger partial charge in [0.2, 0.25) is 5.91 Å². The van der Waals surface area contributed by atoms with E-state index in [2.05, 4.69) is 31.3 Å². The molecule has 0 heterocycles. The molecule has 0 aromatic heterocycles. The van der Waals surface area contributed by atoms with E-state index in [-0.39, 0.29) is 23.9 Å². The van der Waals surface area contributed by atoms with Crippen molar-refractivity contribution in [2.75, 3.05) is 17.2 Å². The van der Waals surface area contributed by atoms with Crippen LogP contribution in [0.4, 0.5) is 20.2 Å². The number of alkyl halides is 2. The molecule has 2 rings (SSSR count). The van der Waals surface area contributed by atoms with Crippen LogP contribution < -0.4 is 15.4 Å². The number of para-hydroxylation sites is 2. The SMILES string of the molecule is Cc1cc(NCC(=O)Nc2ccccc2OC(F)F)ccc1Br. The molecule has 1 amide bonds. The lowest BCUT2D eigenvalue weighted by Crippen LogP contribution is -2.22. The molecule has 0 aliphatic carbocycles. The number of carbonyl (C=O) groups excluding carboxylic acids is 1. The first-order valence-corrected chi connectivity index (χ1v) is 7.58. The van der Waals surface area contributed by atoms with Crippen molar-refractivity contribution in [1.29, 1.82) is 0 Å². The third kappa shape index (κ3) is 5.21. The standard InChI is InChI=1S/C16H15BrF2N2O2/c1-10-8-11(6-7-12(10)17)20-9-15(22)21-13-4-2-3-5-14(13)23-16(18)19/h2-8,16,20H,9H2,1H3,(H,21,22). The summed E-state index contributed by atoms with van der Waals surface area (Å²) < 4.78 is 30.0. The molecule has 0 saturated carbocycles. The molecule has 2 aromatic rings. The number of carbonyl (C=O) groups is 1. The average Bonchev–Trinajstić information content (AvgIpc) is 2.50. The summed E-state index contributed by atoms with van der Waals surface area (Å²) >= 11 is 3.40. The van der Waals surface area contributed by atoms with Gasteiger partial charge in [0.15, 0.2) is 0 Å². The molecule has 0 radical (unpaired) electrons. The predicted molar refractivity (Wildman–Crippen MR) is 89.1 cm³/mol. The molecular formula is C16H15BrF2N2O2. The molecule has 4 nitrogen and oxygen atoms in total. The van der Waals surface area contributed by atoms with E-state index in [1.54, 1.807) is 12.1 Å². The lowest BCUT2D eigenvalue weighted by molar-refractivity contribution is -0.114. The van der Waals surface area contributed by atoms with Crippen molar-refractivity contribution in [2.45, 2.75) is 13.5 Å². The molecular weight excluding hydrogens is 370 g/mol. The molecule has 0 bridgehead atoms. The molecule has 0 spiro atoms. The second-order valence-electron chi connectivity index (χ2n) is 4.74. The highest BCUT2D eigenvalue weighted by Gasteiger charge is 2.11. The molecule has 122 valence electrons. The lowest BCUT2D eigenvalue weighted by Gasteiger charge is -2.12. The molecule has 7 heteroatoms. The molecule has 2 aromatic carbocycles. The number of rotatable bonds is 6. The fraction of sp³-hybridized carbons (Fsp3) is 0.188. The van der Waals surface area contributed by atoms with Crippen molar-refractivity contribution in [1.82, 2.24) is 0 Å². The Bertz CT molecular complexity index is 696. The van der Waals surface area contributed by atoms with E-state index in [9.17, 15) is 13.6 Å². The number of amides is 1. The minimum atomic E-state index is -2.95. The van der Waals surface area contributed by atoms with Crippen LogP contribution in [-0.2, 0) is 4.79 Å². The zero-order valence-electron chi connectivity index (χ0n) is 12.3. The van der Waals surface area contributed by atoms with Gasteiger partial charge in [-0.2, -0.15) is 8.78 Å². The van der Waals surface area contributed by atoms with Crippen LogP contribution in [0.25, 0.3) is 0 Å². The molecule has 0 atom stereocenters. The quantitative estimate of drug-likeness (QED) is 0.775. The van der Waals surface area contributed by atoms with Crippen LogP contribution in [0.5, 0.6) is 5.75 Å². The van der Waals surface area contributed by atoms with Gasteiger partial charge in [-0.15, -0.1) is 0 Å². The summed E-state index contributed by atoms with van der Waals surface area (Å²) in [7, 11) is 0. The zero-order chi connectivity index (χ0) is 16.8. The predicted octanol–water partition coefficient (Wildman–Crippen LogP) is 4.41. The van der Waals surface area contributed by atoms with Crippen LogP contribution in [-0.4, -0.2) is 19.1 Å². The molecule has 23 heavy (non-hydrogen) atoms. The van der Waals surface area contributed by atoms with Crippen LogP contribution in [0, 0.1) is 6.92 Å². The Kier molecular flexibility index (Phi) is 5.92. The summed E-state index contributed by atoms with van der Waals surface area (Å²) in [6.07, 6.45) is 0. The first kappa shape index (κ1) is 17.2. The Labute approximate surface area is 141 Å². The van der Waals surface area contributed by atoms with Crippen LogP contribution in [0.2, 0.25) is 0 Å². The van der Waals surface area contributed by atoms with Crippen molar-refractivity contribution in [2.24, 2.45) is 0 Å². The van der Waals surface area contributed by atoms with Crippen molar-refractivity contribution in [3.8, 4) is 5.75 Å². The molecule has 0 aliphatic heterocycles. The van der Waals surface area contributed by atoms with Gasteiger partial charge in [0.25, 0.3) is 0 Å². The van der Waals surface area contributed by atoms with Gasteiger partial charge in [-0.25, -0.2) is 0 Å². The summed E-state index contributed by atoms with van der Waals surface area (Å²) in [5.74, 6) is -0.439. The van der Waals surface area contributed by atoms with Crippen molar-refractivity contribution in [3.05, 3.63) is 52.5 Å². The Morgan fingerprint density at radius 1 is 1.26 bits per heavy atom. The van der Waals surface area contributed by atoms with E-state index in [0.29, 0.717) is 0 Å². The average molecular weight is 385 g/mol. The lowest BCUT2D eigenvalue weighted by atomic mass is 10.2. The third-order valence-corrected chi connectivity index (χ3v) is 3.88. The highest BCUT2D eigenvalue weighted by Crippen LogP contribution is 2.25. The van der Waals surface area contributed by atoms with Gasteiger partial charge in [-0.1, -0.05) is 28.1 Å². The van der Waals surface area contributed by atoms with Crippen LogP contribution in [0.15, 0.2) is 46.9 Å². The van der Waals surface area contributed by atoms with E-state index in [4.69, 9.17) is 0 Å². The van der Waals surface area contributed by atoms with Gasteiger partial charge in [0.1, 0.15) is 5.75 Å². The van der Waals surface area contributed by atoms with E-state index >= 15 is 0 Å². The second-order valence-corrected chi connectivity index (χ2v) is 5.59. The summed E-state index contributed by atoms with van der Waals surface area (Å²) in [5.41, 5.74) is 2.02. The van der Waals surface area contributed by atoms with Crippen molar-refractivity contribution >= 4 is 33.2 Å². The van der Waals surface area contributed by atoms with Crippen LogP contribution in [0.1, 0.15) is 5.56 Å². The highest BCUT2D eigenvalue weighted by atomic mass is 79.9. The Balaban J connectivity index is 1.96. The number of aryl methyl sites for hydroxylation is 1. The van der Waals surface area contributed by atoms with E-state index < -0.39 is 6.61 Å². The second kappa shape index (κ2) is 7.92. The number of ether oxygens (including phenoxy) is 1. The molecule has 0 fully saturated rings. The normalized spacial score (nSPS) is 10.5. The fourth-order valence-electron chi connectivity index (χ4n) is 1.90. The maximum Gasteiger partial charge on any atom is 0.387 e. The van der Waals surface area contributed by atoms with E-state index in [1.165, 1.54) is 12.1 Å². The van der Waals surface area contributed by atoms with Gasteiger partial charge in [0.05, 0.1) is 12.2 Å². The summed E-state index contributed by atoms with van der Waals surface area (Å²) in [6.45, 7) is -1.01. The number of hydrogen-bond acceptors (Lipinski definition) is 3. The zero-order valence-corrected chi connectivity index (χ0v) is 13.9. The third-order valence-electron chi connectivity index (χ3n) is 2.99. The van der Waals surface area contributed by atoms with Crippen LogP contribution in [0.3, 0.4) is 0 Å². The minimum Gasteiger partial charge on any atom is -0.433 e. The van der Waals surface area contributed by atoms with E-state index in [0.717, 1.165) is 15.7 Å². The van der Waals surface area contributed by atoms with E-state index in [1.807, 2.05) is 25.1 Å². The van der Waals surface area contributed by atoms with Gasteiger partial charge >= 0.3 is 6.61 Å².